The Hall–Kier alpha value is -2.83. The number of hydrogen-bond donors (Lipinski definition) is 0. The second-order valence-corrected chi connectivity index (χ2v) is 6.70. The van der Waals surface area contributed by atoms with Crippen molar-refractivity contribution >= 4 is 11.8 Å². The number of methoxy groups -OCH3 is 1. The molecule has 148 valence electrons. The minimum atomic E-state index is -4.24. The van der Waals surface area contributed by atoms with Crippen LogP contribution in [0.2, 0.25) is 0 Å². The molecule has 0 N–H and O–H groups in total. The van der Waals surface area contributed by atoms with Crippen molar-refractivity contribution in [3.63, 3.8) is 0 Å². The monoisotopic (exact) mass is 391 g/mol. The van der Waals surface area contributed by atoms with Crippen LogP contribution in [0, 0.1) is 0 Å². The summed E-state index contributed by atoms with van der Waals surface area (Å²) >= 11 is 0. The van der Waals surface area contributed by atoms with Gasteiger partial charge in [-0.25, -0.2) is 0 Å². The molecule has 0 radical (unpaired) electrons. The molecule has 2 aromatic carbocycles. The average Bonchev–Trinajstić information content (AvgIpc) is 2.97. The molecule has 1 fully saturated rings. The third kappa shape index (κ3) is 4.71. The number of amides is 2. The Labute approximate surface area is 160 Å². The van der Waals surface area contributed by atoms with Crippen molar-refractivity contribution < 1.29 is 27.5 Å². The lowest BCUT2D eigenvalue weighted by Gasteiger charge is -2.16. The molecule has 0 unspecified atom stereocenters. The van der Waals surface area contributed by atoms with Gasteiger partial charge >= 0.3 is 6.18 Å². The van der Waals surface area contributed by atoms with Crippen LogP contribution in [0.4, 0.5) is 13.2 Å². The maximum Gasteiger partial charge on any atom is 0.393 e. The summed E-state index contributed by atoms with van der Waals surface area (Å²) in [5.74, 6) is 0.303. The number of ether oxygens (including phenoxy) is 1. The summed E-state index contributed by atoms with van der Waals surface area (Å²) in [4.78, 5) is 24.8. The molecule has 1 aliphatic rings. The molecule has 2 aromatic rings. The number of rotatable bonds is 6. The van der Waals surface area contributed by atoms with E-state index in [1.54, 1.807) is 18.2 Å². The summed E-state index contributed by atoms with van der Waals surface area (Å²) in [6.07, 6.45) is -4.25. The SMILES string of the molecule is COc1ccc(-c2ccc(CC(F)(F)F)cc2)cc1CCN1C(=O)CCC1=O. The molecule has 0 aromatic heterocycles. The van der Waals surface area contributed by atoms with Crippen molar-refractivity contribution in [3.8, 4) is 16.9 Å². The fourth-order valence-corrected chi connectivity index (χ4v) is 3.30. The Morgan fingerprint density at radius 3 is 2.14 bits per heavy atom. The highest BCUT2D eigenvalue weighted by Gasteiger charge is 2.29. The first-order valence-electron chi connectivity index (χ1n) is 8.93. The minimum absolute atomic E-state index is 0.166. The zero-order valence-electron chi connectivity index (χ0n) is 15.4. The largest absolute Gasteiger partial charge is 0.496 e. The second-order valence-electron chi connectivity index (χ2n) is 6.70. The van der Waals surface area contributed by atoms with E-state index in [0.29, 0.717) is 12.2 Å². The summed E-state index contributed by atoms with van der Waals surface area (Å²) in [6, 6.07) is 11.7. The molecule has 28 heavy (non-hydrogen) atoms. The summed E-state index contributed by atoms with van der Waals surface area (Å²) < 4.78 is 42.9. The van der Waals surface area contributed by atoms with Gasteiger partial charge in [0.05, 0.1) is 13.5 Å². The smallest absolute Gasteiger partial charge is 0.393 e. The highest BCUT2D eigenvalue weighted by atomic mass is 19.4. The second kappa shape index (κ2) is 8.04. The molecule has 0 aliphatic carbocycles. The third-order valence-corrected chi connectivity index (χ3v) is 4.73. The zero-order valence-corrected chi connectivity index (χ0v) is 15.4. The van der Waals surface area contributed by atoms with Gasteiger partial charge in [-0.2, -0.15) is 13.2 Å². The van der Waals surface area contributed by atoms with Crippen molar-refractivity contribution in [2.75, 3.05) is 13.7 Å². The maximum atomic E-state index is 12.5. The Morgan fingerprint density at radius 1 is 0.964 bits per heavy atom. The maximum absolute atomic E-state index is 12.5. The molecule has 0 bridgehead atoms. The van der Waals surface area contributed by atoms with Gasteiger partial charge in [-0.05, 0) is 40.8 Å². The van der Waals surface area contributed by atoms with Crippen LogP contribution >= 0.6 is 0 Å². The molecular weight excluding hydrogens is 371 g/mol. The Balaban J connectivity index is 1.78. The van der Waals surface area contributed by atoms with Gasteiger partial charge in [0.25, 0.3) is 0 Å². The van der Waals surface area contributed by atoms with Crippen LogP contribution in [0.3, 0.4) is 0 Å². The van der Waals surface area contributed by atoms with E-state index < -0.39 is 12.6 Å². The van der Waals surface area contributed by atoms with E-state index in [-0.39, 0.29) is 36.8 Å². The lowest BCUT2D eigenvalue weighted by Crippen LogP contribution is -2.31. The van der Waals surface area contributed by atoms with Crippen LogP contribution in [0.15, 0.2) is 42.5 Å². The summed E-state index contributed by atoms with van der Waals surface area (Å²) in [7, 11) is 1.54. The molecule has 0 spiro atoms. The van der Waals surface area contributed by atoms with Crippen LogP contribution in [-0.2, 0) is 22.4 Å². The molecular formula is C21H20F3NO3. The first-order chi connectivity index (χ1) is 13.3. The van der Waals surface area contributed by atoms with Gasteiger partial charge in [-0.15, -0.1) is 0 Å². The number of alkyl halides is 3. The number of halogens is 3. The minimum Gasteiger partial charge on any atom is -0.496 e. The van der Waals surface area contributed by atoms with Crippen molar-refractivity contribution in [2.24, 2.45) is 0 Å². The first-order valence-corrected chi connectivity index (χ1v) is 8.93. The van der Waals surface area contributed by atoms with Crippen molar-refractivity contribution in [1.29, 1.82) is 0 Å². The van der Waals surface area contributed by atoms with Gasteiger partial charge in [-0.1, -0.05) is 30.3 Å². The molecule has 1 aliphatic heterocycles. The number of carbonyl (C=O) groups excluding carboxylic acids is 2. The quantitative estimate of drug-likeness (QED) is 0.695. The highest BCUT2D eigenvalue weighted by molar-refractivity contribution is 6.01. The molecule has 0 saturated carbocycles. The molecule has 3 rings (SSSR count). The number of imide groups is 1. The van der Waals surface area contributed by atoms with Crippen LogP contribution in [0.5, 0.6) is 5.75 Å². The van der Waals surface area contributed by atoms with Gasteiger partial charge < -0.3 is 4.74 Å². The highest BCUT2D eigenvalue weighted by Crippen LogP contribution is 2.29. The molecule has 1 heterocycles. The van der Waals surface area contributed by atoms with E-state index in [1.807, 2.05) is 12.1 Å². The molecule has 0 atom stereocenters. The van der Waals surface area contributed by atoms with Gasteiger partial charge in [0, 0.05) is 19.4 Å². The van der Waals surface area contributed by atoms with Crippen LogP contribution in [0.25, 0.3) is 11.1 Å². The van der Waals surface area contributed by atoms with Gasteiger partial charge in [0.1, 0.15) is 5.75 Å². The van der Waals surface area contributed by atoms with E-state index in [2.05, 4.69) is 0 Å². The topological polar surface area (TPSA) is 46.6 Å². The van der Waals surface area contributed by atoms with Gasteiger partial charge in [-0.3, -0.25) is 14.5 Å². The molecule has 7 heteroatoms. The zero-order chi connectivity index (χ0) is 20.3. The Morgan fingerprint density at radius 2 is 1.57 bits per heavy atom. The van der Waals surface area contributed by atoms with Crippen LogP contribution < -0.4 is 4.74 Å². The van der Waals surface area contributed by atoms with Crippen molar-refractivity contribution in [3.05, 3.63) is 53.6 Å². The summed E-state index contributed by atoms with van der Waals surface area (Å²) in [5.41, 5.74) is 2.64. The number of hydrogen-bond acceptors (Lipinski definition) is 3. The van der Waals surface area contributed by atoms with Gasteiger partial charge in [0.2, 0.25) is 11.8 Å². The lowest BCUT2D eigenvalue weighted by atomic mass is 9.99. The third-order valence-electron chi connectivity index (χ3n) is 4.73. The summed E-state index contributed by atoms with van der Waals surface area (Å²) in [6.45, 7) is 0.280. The van der Waals surface area contributed by atoms with E-state index in [1.165, 1.54) is 24.1 Å². The number of nitrogens with zero attached hydrogens (tertiary/aromatic N) is 1. The molecule has 2 amide bonds. The summed E-state index contributed by atoms with van der Waals surface area (Å²) in [5, 5.41) is 0. The first kappa shape index (κ1) is 19.9. The normalized spacial score (nSPS) is 14.6. The number of likely N-dealkylation sites (tertiary alicyclic amines) is 1. The van der Waals surface area contributed by atoms with Crippen LogP contribution in [-0.4, -0.2) is 36.5 Å². The van der Waals surface area contributed by atoms with E-state index in [9.17, 15) is 22.8 Å². The fourth-order valence-electron chi connectivity index (χ4n) is 3.30. The Bertz CT molecular complexity index is 859. The van der Waals surface area contributed by atoms with Crippen LogP contribution in [0.1, 0.15) is 24.0 Å². The van der Waals surface area contributed by atoms with E-state index in [4.69, 9.17) is 4.74 Å². The molecule has 4 nitrogen and oxygen atoms in total. The predicted molar refractivity (Wildman–Crippen MR) is 97.8 cm³/mol. The molecule has 1 saturated heterocycles. The van der Waals surface area contributed by atoms with E-state index >= 15 is 0 Å². The standard InChI is InChI=1S/C21H20F3NO3/c1-28-18-7-6-16(15-4-2-14(3-5-15)13-21(22,23)24)12-17(18)10-11-25-19(26)8-9-20(25)27/h2-7,12H,8-11,13H2,1H3. The fraction of sp³-hybridized carbons (Fsp3) is 0.333. The van der Waals surface area contributed by atoms with E-state index in [0.717, 1.165) is 16.7 Å². The van der Waals surface area contributed by atoms with Crippen molar-refractivity contribution in [2.45, 2.75) is 31.9 Å². The van der Waals surface area contributed by atoms with Gasteiger partial charge in [0.15, 0.2) is 0 Å². The number of carbonyl (C=O) groups is 2. The van der Waals surface area contributed by atoms with Crippen molar-refractivity contribution in [1.82, 2.24) is 4.90 Å². The lowest BCUT2D eigenvalue weighted by molar-refractivity contribution is -0.138. The predicted octanol–water partition coefficient (Wildman–Crippen LogP) is 4.16. The average molecular weight is 391 g/mol. The number of benzene rings is 2. The Kier molecular flexibility index (Phi) is 5.72.